The van der Waals surface area contributed by atoms with Gasteiger partial charge in [-0.3, -0.25) is 0 Å². The third-order valence-corrected chi connectivity index (χ3v) is 6.58. The van der Waals surface area contributed by atoms with E-state index in [4.69, 9.17) is 9.47 Å². The van der Waals surface area contributed by atoms with Crippen LogP contribution in [0.5, 0.6) is 0 Å². The third-order valence-electron chi connectivity index (χ3n) is 6.58. The molecular weight excluding hydrogens is 375 g/mol. The van der Waals surface area contributed by atoms with Gasteiger partial charge in [-0.1, -0.05) is 46.1 Å². The highest BCUT2D eigenvalue weighted by Gasteiger charge is 2.21. The van der Waals surface area contributed by atoms with Crippen LogP contribution in [0, 0.1) is 11.7 Å². The summed E-state index contributed by atoms with van der Waals surface area (Å²) in [5.74, 6) is 0.716. The summed E-state index contributed by atoms with van der Waals surface area (Å²) in [6.07, 6.45) is 15.1. The average molecular weight is 421 g/mol. The predicted octanol–water partition coefficient (Wildman–Crippen LogP) is 7.45. The van der Waals surface area contributed by atoms with Crippen molar-refractivity contribution >= 4 is 0 Å². The van der Waals surface area contributed by atoms with Gasteiger partial charge in [0.05, 0.1) is 12.7 Å². The summed E-state index contributed by atoms with van der Waals surface area (Å²) in [6.45, 7) is 8.88. The molecule has 0 heterocycles. The minimum atomic E-state index is -0.0477. The van der Waals surface area contributed by atoms with E-state index in [0.29, 0.717) is 19.1 Å². The predicted molar refractivity (Wildman–Crippen MR) is 125 cm³/mol. The zero-order valence-electron chi connectivity index (χ0n) is 19.8. The quantitative estimate of drug-likeness (QED) is 0.274. The molecule has 30 heavy (non-hydrogen) atoms. The van der Waals surface area contributed by atoms with E-state index in [1.807, 2.05) is 6.07 Å². The molecule has 0 amide bonds. The fourth-order valence-corrected chi connectivity index (χ4v) is 4.61. The molecule has 3 heteroatoms. The molecule has 0 N–H and O–H groups in total. The van der Waals surface area contributed by atoms with Crippen molar-refractivity contribution in [1.29, 1.82) is 0 Å². The molecule has 1 aliphatic rings. The fourth-order valence-electron chi connectivity index (χ4n) is 4.61. The summed E-state index contributed by atoms with van der Waals surface area (Å²) in [6, 6.07) is 3.91. The number of hydrogen-bond acceptors (Lipinski definition) is 2. The van der Waals surface area contributed by atoms with Crippen molar-refractivity contribution in [3.8, 4) is 0 Å². The van der Waals surface area contributed by atoms with E-state index in [9.17, 15) is 4.39 Å². The van der Waals surface area contributed by atoms with E-state index in [1.54, 1.807) is 0 Å². The Balaban J connectivity index is 1.76. The molecule has 1 fully saturated rings. The second-order valence-electron chi connectivity index (χ2n) is 9.04. The van der Waals surface area contributed by atoms with E-state index in [2.05, 4.69) is 26.8 Å². The number of rotatable bonds is 15. The molecule has 0 aromatic heterocycles. The van der Waals surface area contributed by atoms with Crippen molar-refractivity contribution in [2.45, 2.75) is 110 Å². The zero-order chi connectivity index (χ0) is 21.6. The molecule has 1 aliphatic carbocycles. The maximum Gasteiger partial charge on any atom is 0.126 e. The highest BCUT2D eigenvalue weighted by Crippen LogP contribution is 2.30. The zero-order valence-corrected chi connectivity index (χ0v) is 19.8. The van der Waals surface area contributed by atoms with E-state index >= 15 is 0 Å². The van der Waals surface area contributed by atoms with Gasteiger partial charge in [0.1, 0.15) is 5.82 Å². The Bertz CT molecular complexity index is 578. The number of aryl methyl sites for hydroxylation is 2. The van der Waals surface area contributed by atoms with Gasteiger partial charge < -0.3 is 9.47 Å². The van der Waals surface area contributed by atoms with Gasteiger partial charge in [0.2, 0.25) is 0 Å². The summed E-state index contributed by atoms with van der Waals surface area (Å²) < 4.78 is 26.3. The molecule has 0 aliphatic heterocycles. The van der Waals surface area contributed by atoms with Crippen LogP contribution in [0.2, 0.25) is 0 Å². The molecule has 0 spiro atoms. The summed E-state index contributed by atoms with van der Waals surface area (Å²) in [5, 5.41) is 0. The van der Waals surface area contributed by atoms with Gasteiger partial charge in [0, 0.05) is 13.2 Å². The highest BCUT2D eigenvalue weighted by molar-refractivity contribution is 5.34. The van der Waals surface area contributed by atoms with Gasteiger partial charge in [-0.05, 0) is 92.9 Å². The molecule has 0 atom stereocenters. The standard InChI is InChI=1S/C27H45FO2/c1-4-7-8-9-18-29-19-16-25-20-23(6-3)24(21-27(25)28)13-10-22-11-14-26(15-12-22)30-17-5-2/h20-22,26H,4-19H2,1-3H3. The Morgan fingerprint density at radius 3 is 2.30 bits per heavy atom. The highest BCUT2D eigenvalue weighted by atomic mass is 19.1. The minimum absolute atomic E-state index is 0.0477. The molecule has 0 bridgehead atoms. The summed E-state index contributed by atoms with van der Waals surface area (Å²) in [4.78, 5) is 0. The maximum absolute atomic E-state index is 14.7. The second-order valence-corrected chi connectivity index (χ2v) is 9.04. The largest absolute Gasteiger partial charge is 0.381 e. The monoisotopic (exact) mass is 420 g/mol. The lowest BCUT2D eigenvalue weighted by atomic mass is 9.83. The molecule has 1 saturated carbocycles. The lowest BCUT2D eigenvalue weighted by Crippen LogP contribution is -2.22. The van der Waals surface area contributed by atoms with Gasteiger partial charge in [0.15, 0.2) is 0 Å². The van der Waals surface area contributed by atoms with Crippen LogP contribution >= 0.6 is 0 Å². The molecular formula is C27H45FO2. The molecule has 2 rings (SSSR count). The van der Waals surface area contributed by atoms with E-state index in [0.717, 1.165) is 50.4 Å². The van der Waals surface area contributed by atoms with Crippen LogP contribution in [0.15, 0.2) is 12.1 Å². The lowest BCUT2D eigenvalue weighted by Gasteiger charge is -2.28. The SMILES string of the molecule is CCCCCCOCCc1cc(CC)c(CCC2CCC(OCCC)CC2)cc1F. The Morgan fingerprint density at radius 2 is 1.60 bits per heavy atom. The van der Waals surface area contributed by atoms with Crippen LogP contribution < -0.4 is 0 Å². The van der Waals surface area contributed by atoms with Crippen molar-refractivity contribution in [3.05, 3.63) is 34.6 Å². The molecule has 0 radical (unpaired) electrons. The number of hydrogen-bond donors (Lipinski definition) is 0. The first kappa shape index (κ1) is 25.3. The van der Waals surface area contributed by atoms with Gasteiger partial charge >= 0.3 is 0 Å². The van der Waals surface area contributed by atoms with Crippen molar-refractivity contribution in [2.75, 3.05) is 19.8 Å². The lowest BCUT2D eigenvalue weighted by molar-refractivity contribution is 0.0177. The first-order valence-electron chi connectivity index (χ1n) is 12.7. The Kier molecular flexibility index (Phi) is 12.6. The first-order chi connectivity index (χ1) is 14.7. The average Bonchev–Trinajstić information content (AvgIpc) is 2.77. The molecule has 172 valence electrons. The third kappa shape index (κ3) is 9.06. The second kappa shape index (κ2) is 15.0. The minimum Gasteiger partial charge on any atom is -0.381 e. The number of ether oxygens (including phenoxy) is 2. The summed E-state index contributed by atoms with van der Waals surface area (Å²) >= 11 is 0. The molecule has 0 unspecified atom stereocenters. The van der Waals surface area contributed by atoms with Crippen LogP contribution in [0.3, 0.4) is 0 Å². The molecule has 2 nitrogen and oxygen atoms in total. The van der Waals surface area contributed by atoms with E-state index in [1.165, 1.54) is 62.5 Å². The van der Waals surface area contributed by atoms with Crippen LogP contribution in [-0.4, -0.2) is 25.9 Å². The summed E-state index contributed by atoms with van der Waals surface area (Å²) in [7, 11) is 0. The molecule has 1 aromatic carbocycles. The Morgan fingerprint density at radius 1 is 0.800 bits per heavy atom. The van der Waals surface area contributed by atoms with Crippen LogP contribution in [0.1, 0.15) is 102 Å². The van der Waals surface area contributed by atoms with Crippen LogP contribution in [-0.2, 0) is 28.7 Å². The van der Waals surface area contributed by atoms with Crippen LogP contribution in [0.25, 0.3) is 0 Å². The van der Waals surface area contributed by atoms with Crippen molar-refractivity contribution in [3.63, 3.8) is 0 Å². The van der Waals surface area contributed by atoms with Crippen molar-refractivity contribution < 1.29 is 13.9 Å². The van der Waals surface area contributed by atoms with Gasteiger partial charge in [-0.25, -0.2) is 4.39 Å². The Hall–Kier alpha value is -0.930. The first-order valence-corrected chi connectivity index (χ1v) is 12.7. The Labute approximate surface area is 184 Å². The normalized spacial score (nSPS) is 19.3. The fraction of sp³-hybridized carbons (Fsp3) is 0.778. The van der Waals surface area contributed by atoms with Gasteiger partial charge in [0.25, 0.3) is 0 Å². The number of benzene rings is 1. The van der Waals surface area contributed by atoms with E-state index in [-0.39, 0.29) is 5.82 Å². The summed E-state index contributed by atoms with van der Waals surface area (Å²) in [5.41, 5.74) is 3.34. The molecule has 1 aromatic rings. The van der Waals surface area contributed by atoms with Crippen molar-refractivity contribution in [2.24, 2.45) is 5.92 Å². The van der Waals surface area contributed by atoms with Crippen molar-refractivity contribution in [1.82, 2.24) is 0 Å². The topological polar surface area (TPSA) is 18.5 Å². The van der Waals surface area contributed by atoms with Crippen LogP contribution in [0.4, 0.5) is 4.39 Å². The van der Waals surface area contributed by atoms with E-state index < -0.39 is 0 Å². The number of halogens is 1. The number of unbranched alkanes of at least 4 members (excludes halogenated alkanes) is 3. The smallest absolute Gasteiger partial charge is 0.126 e. The molecule has 0 saturated heterocycles. The van der Waals surface area contributed by atoms with Gasteiger partial charge in [-0.2, -0.15) is 0 Å². The van der Waals surface area contributed by atoms with Gasteiger partial charge in [-0.15, -0.1) is 0 Å². The maximum atomic E-state index is 14.7.